The minimum atomic E-state index is 0.0692. The highest BCUT2D eigenvalue weighted by atomic mass is 16.5. The van der Waals surface area contributed by atoms with Crippen LogP contribution in [0.1, 0.15) is 49.0 Å². The van der Waals surface area contributed by atoms with Gasteiger partial charge in [0.2, 0.25) is 0 Å². The maximum absolute atomic E-state index is 6.19. The molecule has 2 aromatic heterocycles. The van der Waals surface area contributed by atoms with Gasteiger partial charge in [0.1, 0.15) is 18.2 Å². The van der Waals surface area contributed by atoms with E-state index in [4.69, 9.17) is 14.6 Å². The van der Waals surface area contributed by atoms with E-state index < -0.39 is 0 Å². The summed E-state index contributed by atoms with van der Waals surface area (Å²) in [6.45, 7) is 2.62. The molecule has 8 heteroatoms. The van der Waals surface area contributed by atoms with Crippen molar-refractivity contribution in [2.24, 2.45) is 0 Å². The summed E-state index contributed by atoms with van der Waals surface area (Å²) in [5.74, 6) is 3.91. The van der Waals surface area contributed by atoms with Gasteiger partial charge in [-0.15, -0.1) is 5.10 Å². The number of anilines is 1. The second-order valence-electron chi connectivity index (χ2n) is 8.82. The monoisotopic (exact) mass is 420 g/mol. The number of benzene rings is 1. The maximum atomic E-state index is 6.19. The van der Waals surface area contributed by atoms with Crippen LogP contribution < -0.4 is 10.1 Å². The Hall–Kier alpha value is -2.71. The van der Waals surface area contributed by atoms with E-state index in [1.54, 1.807) is 0 Å². The first-order valence-corrected chi connectivity index (χ1v) is 11.3. The molecule has 6 rings (SSSR count). The molecule has 0 amide bonds. The maximum Gasteiger partial charge on any atom is 0.254 e. The zero-order valence-corrected chi connectivity index (χ0v) is 17.8. The average molecular weight is 421 g/mol. The summed E-state index contributed by atoms with van der Waals surface area (Å²) < 4.78 is 13.7. The van der Waals surface area contributed by atoms with Gasteiger partial charge in [-0.25, -0.2) is 4.98 Å². The fraction of sp³-hybridized carbons (Fsp3) is 0.522. The Morgan fingerprint density at radius 1 is 1.16 bits per heavy atom. The number of rotatable bonds is 5. The standard InChI is InChI=1S/C23H28N6O2/c1-30-16-5-4-12-28(13-16)18-14-31-19-7-3-2-6-17(19)21(18)25-20-10-11-24-23-26-22(15-8-9-15)27-29(20)23/h2-3,6-7,10-11,15-16,18,21,25H,4-5,8-9,12-14H2,1H3. The first-order valence-electron chi connectivity index (χ1n) is 11.3. The lowest BCUT2D eigenvalue weighted by Gasteiger charge is -2.44. The summed E-state index contributed by atoms with van der Waals surface area (Å²) in [5, 5.41) is 8.57. The van der Waals surface area contributed by atoms with Crippen molar-refractivity contribution in [1.82, 2.24) is 24.5 Å². The smallest absolute Gasteiger partial charge is 0.254 e. The van der Waals surface area contributed by atoms with Crippen molar-refractivity contribution in [3.63, 3.8) is 0 Å². The van der Waals surface area contributed by atoms with Gasteiger partial charge in [-0.3, -0.25) is 4.90 Å². The molecular weight excluding hydrogens is 392 g/mol. The molecule has 1 aliphatic carbocycles. The van der Waals surface area contributed by atoms with E-state index in [1.165, 1.54) is 18.4 Å². The number of methoxy groups -OCH3 is 1. The van der Waals surface area contributed by atoms with Gasteiger partial charge in [0.05, 0.1) is 18.2 Å². The predicted octanol–water partition coefficient (Wildman–Crippen LogP) is 3.03. The Kier molecular flexibility index (Phi) is 4.76. The average Bonchev–Trinajstić information content (AvgIpc) is 3.58. The van der Waals surface area contributed by atoms with E-state index in [9.17, 15) is 0 Å². The van der Waals surface area contributed by atoms with Crippen LogP contribution in [0, 0.1) is 0 Å². The normalized spacial score (nSPS) is 26.4. The van der Waals surface area contributed by atoms with Crippen LogP contribution in [0.4, 0.5) is 5.82 Å². The van der Waals surface area contributed by atoms with Crippen LogP contribution in [-0.4, -0.2) is 63.4 Å². The van der Waals surface area contributed by atoms with Crippen molar-refractivity contribution in [1.29, 1.82) is 0 Å². The van der Waals surface area contributed by atoms with Gasteiger partial charge < -0.3 is 14.8 Å². The van der Waals surface area contributed by atoms with E-state index >= 15 is 0 Å². The first kappa shape index (κ1) is 19.0. The molecule has 8 nitrogen and oxygen atoms in total. The Balaban J connectivity index is 1.36. The van der Waals surface area contributed by atoms with Crippen LogP contribution in [0.5, 0.6) is 5.75 Å². The molecule has 0 spiro atoms. The summed E-state index contributed by atoms with van der Waals surface area (Å²) >= 11 is 0. The molecule has 3 unspecified atom stereocenters. The molecule has 1 saturated heterocycles. The van der Waals surface area contributed by atoms with Gasteiger partial charge >= 0.3 is 0 Å². The van der Waals surface area contributed by atoms with E-state index in [0.29, 0.717) is 18.3 Å². The number of nitrogens with one attached hydrogen (secondary N) is 1. The van der Waals surface area contributed by atoms with Gasteiger partial charge in [-0.1, -0.05) is 18.2 Å². The minimum absolute atomic E-state index is 0.0692. The van der Waals surface area contributed by atoms with Crippen LogP contribution in [0.15, 0.2) is 36.5 Å². The van der Waals surface area contributed by atoms with E-state index in [2.05, 4.69) is 38.4 Å². The molecule has 1 aromatic carbocycles. The fourth-order valence-corrected chi connectivity index (χ4v) is 4.89. The molecule has 3 aromatic rings. The summed E-state index contributed by atoms with van der Waals surface area (Å²) in [6.07, 6.45) is 6.68. The number of piperidine rings is 1. The minimum Gasteiger partial charge on any atom is -0.491 e. The third-order valence-corrected chi connectivity index (χ3v) is 6.76. The lowest BCUT2D eigenvalue weighted by molar-refractivity contribution is -0.00271. The van der Waals surface area contributed by atoms with Crippen molar-refractivity contribution in [3.8, 4) is 5.75 Å². The van der Waals surface area contributed by atoms with Crippen LogP contribution in [0.25, 0.3) is 5.78 Å². The lowest BCUT2D eigenvalue weighted by atomic mass is 9.93. The number of aromatic nitrogens is 4. The zero-order valence-electron chi connectivity index (χ0n) is 17.8. The number of hydrogen-bond acceptors (Lipinski definition) is 7. The van der Waals surface area contributed by atoms with Crippen molar-refractivity contribution in [3.05, 3.63) is 47.9 Å². The SMILES string of the molecule is COC1CCCN(C2COc3ccccc3C2Nc2ccnc3nc(C4CC4)nn23)C1. The molecule has 1 saturated carbocycles. The number of likely N-dealkylation sites (tertiary alicyclic amines) is 1. The number of hydrogen-bond donors (Lipinski definition) is 1. The molecule has 1 N–H and O–H groups in total. The van der Waals surface area contributed by atoms with Crippen molar-refractivity contribution < 1.29 is 9.47 Å². The molecule has 4 heterocycles. The number of ether oxygens (including phenoxy) is 2. The predicted molar refractivity (Wildman–Crippen MR) is 116 cm³/mol. The Labute approximate surface area is 181 Å². The summed E-state index contributed by atoms with van der Waals surface area (Å²) in [6, 6.07) is 10.6. The van der Waals surface area contributed by atoms with Crippen molar-refractivity contribution in [2.45, 2.75) is 49.8 Å². The molecule has 0 bridgehead atoms. The van der Waals surface area contributed by atoms with Crippen molar-refractivity contribution in [2.75, 3.05) is 32.1 Å². The largest absolute Gasteiger partial charge is 0.491 e. The molecular formula is C23H28N6O2. The molecule has 3 aliphatic rings. The highest BCUT2D eigenvalue weighted by molar-refractivity contribution is 5.49. The van der Waals surface area contributed by atoms with Crippen LogP contribution in [-0.2, 0) is 4.74 Å². The van der Waals surface area contributed by atoms with Gasteiger partial charge in [0.25, 0.3) is 5.78 Å². The number of fused-ring (bicyclic) bond motifs is 2. The number of para-hydroxylation sites is 1. The summed E-state index contributed by atoms with van der Waals surface area (Å²) in [4.78, 5) is 11.6. The lowest BCUT2D eigenvalue weighted by Crippen LogP contribution is -2.53. The quantitative estimate of drug-likeness (QED) is 0.680. The second kappa shape index (κ2) is 7.76. The third-order valence-electron chi connectivity index (χ3n) is 6.76. The van der Waals surface area contributed by atoms with Gasteiger partial charge in [0.15, 0.2) is 5.82 Å². The highest BCUT2D eigenvalue weighted by Crippen LogP contribution is 2.39. The molecule has 0 radical (unpaired) electrons. The van der Waals surface area contributed by atoms with Crippen LogP contribution in [0.2, 0.25) is 0 Å². The molecule has 2 fully saturated rings. The van der Waals surface area contributed by atoms with E-state index in [1.807, 2.05) is 30.0 Å². The van der Waals surface area contributed by atoms with Gasteiger partial charge in [0, 0.05) is 31.3 Å². The van der Waals surface area contributed by atoms with Crippen LogP contribution >= 0.6 is 0 Å². The highest BCUT2D eigenvalue weighted by Gasteiger charge is 2.37. The van der Waals surface area contributed by atoms with Gasteiger partial charge in [-0.2, -0.15) is 9.50 Å². The summed E-state index contributed by atoms with van der Waals surface area (Å²) in [7, 11) is 1.81. The molecule has 2 aliphatic heterocycles. The zero-order chi connectivity index (χ0) is 20.8. The second-order valence-corrected chi connectivity index (χ2v) is 8.82. The Morgan fingerprint density at radius 2 is 2.06 bits per heavy atom. The first-order chi connectivity index (χ1) is 15.3. The van der Waals surface area contributed by atoms with E-state index in [0.717, 1.165) is 43.3 Å². The van der Waals surface area contributed by atoms with Crippen molar-refractivity contribution >= 4 is 11.6 Å². The Morgan fingerprint density at radius 3 is 2.94 bits per heavy atom. The third kappa shape index (κ3) is 3.53. The molecule has 31 heavy (non-hydrogen) atoms. The Bertz CT molecular complexity index is 1080. The fourth-order valence-electron chi connectivity index (χ4n) is 4.89. The molecule has 162 valence electrons. The number of nitrogens with zero attached hydrogens (tertiary/aromatic N) is 5. The molecule has 3 atom stereocenters. The van der Waals surface area contributed by atoms with E-state index in [-0.39, 0.29) is 18.2 Å². The van der Waals surface area contributed by atoms with Crippen LogP contribution in [0.3, 0.4) is 0 Å². The summed E-state index contributed by atoms with van der Waals surface area (Å²) in [5.41, 5.74) is 1.17. The topological polar surface area (TPSA) is 76.8 Å². The van der Waals surface area contributed by atoms with Gasteiger partial charge in [-0.05, 0) is 44.4 Å².